The summed E-state index contributed by atoms with van der Waals surface area (Å²) < 4.78 is 6.93. The van der Waals surface area contributed by atoms with Crippen LogP contribution < -0.4 is 10.6 Å². The lowest BCUT2D eigenvalue weighted by Gasteiger charge is -2.15. The predicted octanol–water partition coefficient (Wildman–Crippen LogP) is 2.38. The topological polar surface area (TPSA) is 105 Å². The molecule has 2 aromatic rings. The van der Waals surface area contributed by atoms with Crippen LogP contribution in [0.25, 0.3) is 0 Å². The van der Waals surface area contributed by atoms with Gasteiger partial charge in [-0.1, -0.05) is 6.07 Å². The molecule has 1 aromatic carbocycles. The van der Waals surface area contributed by atoms with Crippen molar-refractivity contribution >= 4 is 11.7 Å². The maximum Gasteiger partial charge on any atom is 0.319 e. The Morgan fingerprint density at radius 1 is 1.48 bits per heavy atom. The summed E-state index contributed by atoms with van der Waals surface area (Å²) >= 11 is 0. The maximum atomic E-state index is 12.2. The minimum atomic E-state index is -0.369. The lowest BCUT2D eigenvalue weighted by Crippen LogP contribution is -2.32. The highest BCUT2D eigenvalue weighted by Gasteiger charge is 2.16. The molecule has 8 nitrogen and oxygen atoms in total. The Balaban J connectivity index is 1.96. The molecule has 1 aromatic heterocycles. The van der Waals surface area contributed by atoms with E-state index in [1.165, 1.54) is 0 Å². The third-order valence-corrected chi connectivity index (χ3v) is 3.74. The van der Waals surface area contributed by atoms with Crippen LogP contribution in [0.1, 0.15) is 36.3 Å². The lowest BCUT2D eigenvalue weighted by molar-refractivity contribution is 0.189. The molecule has 132 valence electrons. The largest absolute Gasteiger partial charge is 0.385 e. The van der Waals surface area contributed by atoms with E-state index in [2.05, 4.69) is 26.9 Å². The van der Waals surface area contributed by atoms with Gasteiger partial charge in [0.05, 0.1) is 17.7 Å². The number of nitriles is 1. The zero-order chi connectivity index (χ0) is 18.2. The smallest absolute Gasteiger partial charge is 0.319 e. The molecule has 0 spiro atoms. The van der Waals surface area contributed by atoms with Crippen LogP contribution in [0, 0.1) is 18.3 Å². The molecule has 1 atom stereocenters. The summed E-state index contributed by atoms with van der Waals surface area (Å²) in [7, 11) is 1.66. The highest BCUT2D eigenvalue weighted by atomic mass is 16.5. The number of carbonyl (C=O) groups is 1. The van der Waals surface area contributed by atoms with E-state index >= 15 is 0 Å². The van der Waals surface area contributed by atoms with Gasteiger partial charge in [0.2, 0.25) is 0 Å². The number of amides is 2. The molecule has 0 aliphatic heterocycles. The molecule has 2 amide bonds. The zero-order valence-corrected chi connectivity index (χ0v) is 14.6. The number of hydrogen-bond donors (Lipinski definition) is 2. The van der Waals surface area contributed by atoms with Crippen molar-refractivity contribution in [1.29, 1.82) is 5.26 Å². The first kappa shape index (κ1) is 18.4. The molecule has 2 N–H and O–H groups in total. The Bertz CT molecular complexity index is 765. The van der Waals surface area contributed by atoms with Gasteiger partial charge >= 0.3 is 6.03 Å². The van der Waals surface area contributed by atoms with Gasteiger partial charge in [0.15, 0.2) is 5.82 Å². The molecule has 0 saturated carbocycles. The van der Waals surface area contributed by atoms with Crippen LogP contribution in [0.15, 0.2) is 24.5 Å². The summed E-state index contributed by atoms with van der Waals surface area (Å²) in [6, 6.07) is 6.62. The fourth-order valence-corrected chi connectivity index (χ4v) is 2.40. The number of hydrogen-bond acceptors (Lipinski definition) is 5. The van der Waals surface area contributed by atoms with Crippen molar-refractivity contribution in [2.45, 2.75) is 32.9 Å². The molecule has 0 aliphatic rings. The normalized spacial score (nSPS) is 11.6. The molecular weight excluding hydrogens is 320 g/mol. The number of anilines is 1. The van der Waals surface area contributed by atoms with E-state index < -0.39 is 0 Å². The summed E-state index contributed by atoms with van der Waals surface area (Å²) in [5, 5.41) is 22.6. The van der Waals surface area contributed by atoms with Gasteiger partial charge < -0.3 is 19.9 Å². The van der Waals surface area contributed by atoms with E-state index in [1.807, 2.05) is 18.4 Å². The number of aryl methyl sites for hydroxylation is 2. The fraction of sp³-hybridized carbons (Fsp3) is 0.412. The van der Waals surface area contributed by atoms with Gasteiger partial charge in [0.25, 0.3) is 0 Å². The summed E-state index contributed by atoms with van der Waals surface area (Å²) in [5.74, 6) is 0.674. The highest BCUT2D eigenvalue weighted by molar-refractivity contribution is 5.89. The minimum absolute atomic E-state index is 0.314. The molecule has 2 rings (SSSR count). The minimum Gasteiger partial charge on any atom is -0.385 e. The first-order chi connectivity index (χ1) is 12.0. The molecule has 0 radical (unpaired) electrons. The van der Waals surface area contributed by atoms with Crippen LogP contribution in [-0.4, -0.2) is 34.5 Å². The summed E-state index contributed by atoms with van der Waals surface area (Å²) in [6.07, 6.45) is 2.47. The van der Waals surface area contributed by atoms with Crippen molar-refractivity contribution in [3.05, 3.63) is 41.5 Å². The highest BCUT2D eigenvalue weighted by Crippen LogP contribution is 2.15. The van der Waals surface area contributed by atoms with Crippen molar-refractivity contribution < 1.29 is 9.53 Å². The van der Waals surface area contributed by atoms with Crippen LogP contribution in [0.2, 0.25) is 0 Å². The quantitative estimate of drug-likeness (QED) is 0.752. The van der Waals surface area contributed by atoms with Gasteiger partial charge in [-0.25, -0.2) is 4.79 Å². The monoisotopic (exact) mass is 342 g/mol. The average Bonchev–Trinajstić information content (AvgIpc) is 3.05. The number of benzene rings is 1. The van der Waals surface area contributed by atoms with Gasteiger partial charge in [0, 0.05) is 25.9 Å². The van der Waals surface area contributed by atoms with Gasteiger partial charge in [-0.3, -0.25) is 0 Å². The van der Waals surface area contributed by atoms with Crippen LogP contribution in [0.4, 0.5) is 10.5 Å². The lowest BCUT2D eigenvalue weighted by atomic mass is 10.1. The Hall–Kier alpha value is -2.92. The second kappa shape index (κ2) is 8.80. The van der Waals surface area contributed by atoms with E-state index in [0.29, 0.717) is 30.2 Å². The molecule has 0 aliphatic carbocycles. The average molecular weight is 342 g/mol. The fourth-order valence-electron chi connectivity index (χ4n) is 2.40. The SMILES string of the molecule is COCCCn1cnnc1C(C)NC(=O)Nc1ccc(C)c(C#N)c1. The third-order valence-electron chi connectivity index (χ3n) is 3.74. The van der Waals surface area contributed by atoms with E-state index in [4.69, 9.17) is 10.00 Å². The third kappa shape index (κ3) is 5.02. The van der Waals surface area contributed by atoms with Gasteiger partial charge in [-0.2, -0.15) is 5.26 Å². The van der Waals surface area contributed by atoms with Crippen LogP contribution in [0.5, 0.6) is 0 Å². The molecule has 1 heterocycles. The number of rotatable bonds is 7. The standard InChI is InChI=1S/C17H22N6O2/c1-12-5-6-15(9-14(12)10-18)21-17(24)20-13(2)16-22-19-11-23(16)7-4-8-25-3/h5-6,9,11,13H,4,7-8H2,1-3H3,(H2,20,21,24). The van der Waals surface area contributed by atoms with Gasteiger partial charge in [-0.15, -0.1) is 10.2 Å². The van der Waals surface area contributed by atoms with Crippen molar-refractivity contribution in [2.75, 3.05) is 19.0 Å². The number of urea groups is 1. The van der Waals surface area contributed by atoms with E-state index in [9.17, 15) is 4.79 Å². The Morgan fingerprint density at radius 3 is 3.00 bits per heavy atom. The van der Waals surface area contributed by atoms with Crippen molar-refractivity contribution in [1.82, 2.24) is 20.1 Å². The van der Waals surface area contributed by atoms with Crippen LogP contribution in [-0.2, 0) is 11.3 Å². The molecule has 0 bridgehead atoms. The van der Waals surface area contributed by atoms with E-state index in [1.54, 1.807) is 31.6 Å². The summed E-state index contributed by atoms with van der Waals surface area (Å²) in [5.41, 5.74) is 1.96. The van der Waals surface area contributed by atoms with Crippen molar-refractivity contribution in [3.8, 4) is 6.07 Å². The molecule has 0 saturated heterocycles. The number of nitrogens with one attached hydrogen (secondary N) is 2. The molecule has 25 heavy (non-hydrogen) atoms. The van der Waals surface area contributed by atoms with Gasteiger partial charge in [0.1, 0.15) is 6.33 Å². The summed E-state index contributed by atoms with van der Waals surface area (Å²) in [4.78, 5) is 12.2. The zero-order valence-electron chi connectivity index (χ0n) is 14.6. The van der Waals surface area contributed by atoms with E-state index in [-0.39, 0.29) is 12.1 Å². The number of carbonyl (C=O) groups excluding carboxylic acids is 1. The van der Waals surface area contributed by atoms with Gasteiger partial charge in [-0.05, 0) is 38.0 Å². The second-order valence-electron chi connectivity index (χ2n) is 5.69. The second-order valence-corrected chi connectivity index (χ2v) is 5.69. The molecule has 1 unspecified atom stereocenters. The Kier molecular flexibility index (Phi) is 6.48. The number of nitrogens with zero attached hydrogens (tertiary/aromatic N) is 4. The first-order valence-electron chi connectivity index (χ1n) is 8.00. The first-order valence-corrected chi connectivity index (χ1v) is 8.00. The Morgan fingerprint density at radius 2 is 2.28 bits per heavy atom. The molecular formula is C17H22N6O2. The van der Waals surface area contributed by atoms with Crippen molar-refractivity contribution in [3.63, 3.8) is 0 Å². The number of aromatic nitrogens is 3. The molecule has 0 fully saturated rings. The maximum absolute atomic E-state index is 12.2. The number of methoxy groups -OCH3 is 1. The molecule has 8 heteroatoms. The number of ether oxygens (including phenoxy) is 1. The predicted molar refractivity (Wildman–Crippen MR) is 93.0 cm³/mol. The van der Waals surface area contributed by atoms with Crippen LogP contribution >= 0.6 is 0 Å². The van der Waals surface area contributed by atoms with E-state index in [0.717, 1.165) is 12.0 Å². The summed E-state index contributed by atoms with van der Waals surface area (Å²) in [6.45, 7) is 5.05. The van der Waals surface area contributed by atoms with Crippen LogP contribution in [0.3, 0.4) is 0 Å². The Labute approximate surface area is 146 Å². The van der Waals surface area contributed by atoms with Crippen molar-refractivity contribution in [2.24, 2.45) is 0 Å².